The Kier molecular flexibility index (Phi) is 4.67. The molecule has 0 bridgehead atoms. The van der Waals surface area contributed by atoms with E-state index in [4.69, 9.17) is 0 Å². The third-order valence-corrected chi connectivity index (χ3v) is 5.05. The zero-order valence-corrected chi connectivity index (χ0v) is 12.9. The van der Waals surface area contributed by atoms with Crippen LogP contribution in [0.3, 0.4) is 0 Å². The fourth-order valence-electron chi connectivity index (χ4n) is 4.02. The highest BCUT2D eigenvalue weighted by Gasteiger charge is 2.37. The van der Waals surface area contributed by atoms with Gasteiger partial charge in [0, 0.05) is 11.5 Å². The van der Waals surface area contributed by atoms with Crippen LogP contribution in [0.2, 0.25) is 0 Å². The highest BCUT2D eigenvalue weighted by atomic mass is 14.9. The van der Waals surface area contributed by atoms with E-state index in [1.54, 1.807) is 0 Å². The molecule has 0 spiro atoms. The summed E-state index contributed by atoms with van der Waals surface area (Å²) in [7, 11) is 2.13. The molecule has 0 aromatic heterocycles. The van der Waals surface area contributed by atoms with Crippen LogP contribution in [-0.4, -0.2) is 13.1 Å². The van der Waals surface area contributed by atoms with Gasteiger partial charge in [0.25, 0.3) is 0 Å². The second-order valence-corrected chi connectivity index (χ2v) is 6.89. The Balaban J connectivity index is 2.20. The average molecular weight is 259 g/mol. The predicted molar refractivity (Wildman–Crippen MR) is 83.4 cm³/mol. The molecule has 0 heterocycles. The summed E-state index contributed by atoms with van der Waals surface area (Å²) >= 11 is 0. The molecule has 1 aliphatic rings. The summed E-state index contributed by atoms with van der Waals surface area (Å²) < 4.78 is 0. The molecule has 1 fully saturated rings. The first kappa shape index (κ1) is 14.6. The van der Waals surface area contributed by atoms with Crippen molar-refractivity contribution in [1.82, 2.24) is 5.32 Å². The van der Waals surface area contributed by atoms with Gasteiger partial charge in [-0.25, -0.2) is 0 Å². The van der Waals surface area contributed by atoms with Crippen molar-refractivity contribution in [3.63, 3.8) is 0 Å². The number of benzene rings is 1. The minimum atomic E-state index is 0.192. The third kappa shape index (κ3) is 3.20. The molecule has 3 atom stereocenters. The van der Waals surface area contributed by atoms with Gasteiger partial charge in [-0.1, -0.05) is 63.9 Å². The Hall–Kier alpha value is -0.820. The zero-order valence-electron chi connectivity index (χ0n) is 12.9. The summed E-state index contributed by atoms with van der Waals surface area (Å²) in [6.07, 6.45) is 5.57. The molecule has 1 aliphatic carbocycles. The quantitative estimate of drug-likeness (QED) is 0.846. The summed E-state index contributed by atoms with van der Waals surface area (Å²) in [5, 5.41) is 3.63. The van der Waals surface area contributed by atoms with Crippen molar-refractivity contribution in [2.24, 2.45) is 11.8 Å². The Morgan fingerprint density at radius 2 is 1.84 bits per heavy atom. The van der Waals surface area contributed by atoms with E-state index in [0.29, 0.717) is 6.04 Å². The van der Waals surface area contributed by atoms with Gasteiger partial charge in [-0.05, 0) is 37.3 Å². The van der Waals surface area contributed by atoms with Crippen LogP contribution in [0.15, 0.2) is 30.3 Å². The van der Waals surface area contributed by atoms with Gasteiger partial charge in [0.15, 0.2) is 0 Å². The van der Waals surface area contributed by atoms with Gasteiger partial charge in [-0.2, -0.15) is 0 Å². The van der Waals surface area contributed by atoms with Crippen molar-refractivity contribution >= 4 is 0 Å². The van der Waals surface area contributed by atoms with Crippen LogP contribution in [0.1, 0.15) is 52.0 Å². The van der Waals surface area contributed by atoms with Gasteiger partial charge in [0.1, 0.15) is 0 Å². The average Bonchev–Trinajstić information content (AvgIpc) is 2.40. The molecule has 1 aromatic carbocycles. The number of rotatable bonds is 4. The summed E-state index contributed by atoms with van der Waals surface area (Å²) in [5.41, 5.74) is 1.64. The molecule has 19 heavy (non-hydrogen) atoms. The van der Waals surface area contributed by atoms with Gasteiger partial charge in [0.05, 0.1) is 0 Å². The first-order valence-electron chi connectivity index (χ1n) is 7.78. The normalized spacial score (nSPS) is 26.1. The lowest BCUT2D eigenvalue weighted by Gasteiger charge is -2.43. The number of nitrogens with one attached hydrogen (secondary N) is 1. The summed E-state index contributed by atoms with van der Waals surface area (Å²) in [4.78, 5) is 0. The number of hydrogen-bond acceptors (Lipinski definition) is 1. The maximum atomic E-state index is 3.63. The summed E-state index contributed by atoms with van der Waals surface area (Å²) in [6, 6.07) is 11.5. The third-order valence-electron chi connectivity index (χ3n) is 5.05. The van der Waals surface area contributed by atoms with Crippen molar-refractivity contribution in [2.45, 2.75) is 57.9 Å². The van der Waals surface area contributed by atoms with Crippen LogP contribution in [0.25, 0.3) is 0 Å². The molecule has 2 rings (SSSR count). The minimum Gasteiger partial charge on any atom is -0.316 e. The SMILES string of the molecule is CNC(C1CCCC(C)C1)C(C)(C)c1ccccc1. The minimum absolute atomic E-state index is 0.192. The summed E-state index contributed by atoms with van der Waals surface area (Å²) in [6.45, 7) is 7.19. The maximum absolute atomic E-state index is 3.63. The first-order valence-corrected chi connectivity index (χ1v) is 7.78. The van der Waals surface area contributed by atoms with Gasteiger partial charge in [-0.3, -0.25) is 0 Å². The largest absolute Gasteiger partial charge is 0.316 e. The molecule has 0 radical (unpaired) electrons. The number of likely N-dealkylation sites (N-methyl/N-ethyl adjacent to an activating group) is 1. The molecule has 1 N–H and O–H groups in total. The highest BCUT2D eigenvalue weighted by Crippen LogP contribution is 2.38. The van der Waals surface area contributed by atoms with Gasteiger partial charge in [0.2, 0.25) is 0 Å². The van der Waals surface area contributed by atoms with E-state index in [1.807, 2.05) is 0 Å². The van der Waals surface area contributed by atoms with Crippen LogP contribution in [-0.2, 0) is 5.41 Å². The van der Waals surface area contributed by atoms with E-state index in [2.05, 4.69) is 63.5 Å². The molecule has 1 saturated carbocycles. The lowest BCUT2D eigenvalue weighted by Crippen LogP contribution is -2.49. The fourth-order valence-corrected chi connectivity index (χ4v) is 4.02. The van der Waals surface area contributed by atoms with Gasteiger partial charge >= 0.3 is 0 Å². The predicted octanol–water partition coefficient (Wildman–Crippen LogP) is 4.38. The Labute approximate surface area is 118 Å². The smallest absolute Gasteiger partial charge is 0.0184 e. The van der Waals surface area contributed by atoms with E-state index >= 15 is 0 Å². The van der Waals surface area contributed by atoms with Crippen molar-refractivity contribution in [1.29, 1.82) is 0 Å². The standard InChI is InChI=1S/C18H29N/c1-14-9-8-10-15(13-14)17(19-4)18(2,3)16-11-6-5-7-12-16/h5-7,11-12,14-15,17,19H,8-10,13H2,1-4H3. The molecule has 3 unspecified atom stereocenters. The lowest BCUT2D eigenvalue weighted by atomic mass is 9.67. The van der Waals surface area contributed by atoms with Crippen molar-refractivity contribution in [2.75, 3.05) is 7.05 Å². The molecular formula is C18H29N. The fraction of sp³-hybridized carbons (Fsp3) is 0.667. The molecule has 0 amide bonds. The van der Waals surface area contributed by atoms with E-state index in [9.17, 15) is 0 Å². The Bertz CT molecular complexity index is 382. The van der Waals surface area contributed by atoms with Crippen LogP contribution < -0.4 is 5.32 Å². The number of hydrogen-bond donors (Lipinski definition) is 1. The highest BCUT2D eigenvalue weighted by molar-refractivity contribution is 5.26. The lowest BCUT2D eigenvalue weighted by molar-refractivity contribution is 0.176. The molecule has 1 heteroatoms. The van der Waals surface area contributed by atoms with E-state index in [1.165, 1.54) is 31.2 Å². The van der Waals surface area contributed by atoms with Gasteiger partial charge < -0.3 is 5.32 Å². The molecule has 106 valence electrons. The van der Waals surface area contributed by atoms with Crippen LogP contribution in [0, 0.1) is 11.8 Å². The molecule has 1 nitrogen and oxygen atoms in total. The van der Waals surface area contributed by atoms with Crippen molar-refractivity contribution in [3.8, 4) is 0 Å². The van der Waals surface area contributed by atoms with Crippen LogP contribution >= 0.6 is 0 Å². The van der Waals surface area contributed by atoms with Crippen molar-refractivity contribution < 1.29 is 0 Å². The maximum Gasteiger partial charge on any atom is 0.0184 e. The Morgan fingerprint density at radius 3 is 2.42 bits per heavy atom. The van der Waals surface area contributed by atoms with Crippen LogP contribution in [0.5, 0.6) is 0 Å². The van der Waals surface area contributed by atoms with E-state index < -0.39 is 0 Å². The first-order chi connectivity index (χ1) is 9.05. The zero-order chi connectivity index (χ0) is 13.9. The Morgan fingerprint density at radius 1 is 1.16 bits per heavy atom. The van der Waals surface area contributed by atoms with E-state index in [0.717, 1.165) is 11.8 Å². The second kappa shape index (κ2) is 6.09. The molecular weight excluding hydrogens is 230 g/mol. The van der Waals surface area contributed by atoms with Crippen LogP contribution in [0.4, 0.5) is 0 Å². The van der Waals surface area contributed by atoms with Gasteiger partial charge in [-0.15, -0.1) is 0 Å². The molecule has 0 aliphatic heterocycles. The monoisotopic (exact) mass is 259 g/mol. The van der Waals surface area contributed by atoms with E-state index in [-0.39, 0.29) is 5.41 Å². The topological polar surface area (TPSA) is 12.0 Å². The second-order valence-electron chi connectivity index (χ2n) is 6.89. The molecule has 0 saturated heterocycles. The molecule has 1 aromatic rings. The van der Waals surface area contributed by atoms with Crippen molar-refractivity contribution in [3.05, 3.63) is 35.9 Å². The summed E-state index contributed by atoms with van der Waals surface area (Å²) in [5.74, 6) is 1.70.